The predicted molar refractivity (Wildman–Crippen MR) is 43.1 cm³/mol. The molecule has 0 aliphatic rings. The lowest BCUT2D eigenvalue weighted by atomic mass is 10.2. The van der Waals surface area contributed by atoms with Crippen LogP contribution in [0.1, 0.15) is 12.8 Å². The summed E-state index contributed by atoms with van der Waals surface area (Å²) in [5.41, 5.74) is 0. The van der Waals surface area contributed by atoms with Crippen molar-refractivity contribution in [1.29, 1.82) is 0 Å². The van der Waals surface area contributed by atoms with Gasteiger partial charge in [0.1, 0.15) is 0 Å². The number of aliphatic hydroxyl groups is 1. The minimum atomic E-state index is -1.19. The molecule has 0 heterocycles. The predicted octanol–water partition coefficient (Wildman–Crippen LogP) is -1.42. The van der Waals surface area contributed by atoms with Crippen molar-refractivity contribution in [2.75, 3.05) is 27.7 Å². The van der Waals surface area contributed by atoms with Crippen molar-refractivity contribution in [1.82, 2.24) is 0 Å². The Morgan fingerprint density at radius 2 is 2.00 bits per heavy atom. The molecule has 0 fully saturated rings. The third-order valence-electron chi connectivity index (χ3n) is 1.54. The van der Waals surface area contributed by atoms with Crippen LogP contribution in [0, 0.1) is 0 Å². The first-order chi connectivity index (χ1) is 5.31. The van der Waals surface area contributed by atoms with Crippen LogP contribution >= 0.6 is 0 Å². The first-order valence-corrected chi connectivity index (χ1v) is 3.99. The molecule has 72 valence electrons. The van der Waals surface area contributed by atoms with Gasteiger partial charge in [-0.3, -0.25) is 0 Å². The van der Waals surface area contributed by atoms with Gasteiger partial charge in [-0.1, -0.05) is 0 Å². The quantitative estimate of drug-likeness (QED) is 0.522. The normalized spacial score (nSPS) is 14.3. The SMILES string of the molecule is C[N+](C)(C)CCC(O)CC(=O)[O-]. The van der Waals surface area contributed by atoms with E-state index in [1.54, 1.807) is 0 Å². The van der Waals surface area contributed by atoms with E-state index in [2.05, 4.69) is 0 Å². The summed E-state index contributed by atoms with van der Waals surface area (Å²) in [6.45, 7) is 0.758. The number of carboxylic acids is 1. The van der Waals surface area contributed by atoms with Crippen molar-refractivity contribution in [3.63, 3.8) is 0 Å². The summed E-state index contributed by atoms with van der Waals surface area (Å²) < 4.78 is 0.726. The Balaban J connectivity index is 3.57. The van der Waals surface area contributed by atoms with E-state index in [4.69, 9.17) is 5.11 Å². The molecule has 0 radical (unpaired) electrons. The number of rotatable bonds is 5. The number of carbonyl (C=O) groups is 1. The Labute approximate surface area is 73.0 Å². The minimum Gasteiger partial charge on any atom is -0.550 e. The lowest BCUT2D eigenvalue weighted by molar-refractivity contribution is -0.870. The Bertz CT molecular complexity index is 151. The van der Waals surface area contributed by atoms with Gasteiger partial charge in [-0.2, -0.15) is 0 Å². The highest BCUT2D eigenvalue weighted by molar-refractivity contribution is 5.64. The summed E-state index contributed by atoms with van der Waals surface area (Å²) in [7, 11) is 5.98. The first kappa shape index (κ1) is 11.4. The largest absolute Gasteiger partial charge is 0.550 e. The highest BCUT2D eigenvalue weighted by Crippen LogP contribution is 2.01. The average Bonchev–Trinajstić information content (AvgIpc) is 1.80. The molecule has 0 saturated heterocycles. The van der Waals surface area contributed by atoms with Gasteiger partial charge in [0.15, 0.2) is 0 Å². The van der Waals surface area contributed by atoms with E-state index in [9.17, 15) is 9.90 Å². The summed E-state index contributed by atoms with van der Waals surface area (Å²) in [5.74, 6) is -1.19. The van der Waals surface area contributed by atoms with E-state index in [0.717, 1.165) is 11.0 Å². The van der Waals surface area contributed by atoms with Gasteiger partial charge in [0.25, 0.3) is 0 Å². The fourth-order valence-electron chi connectivity index (χ4n) is 0.831. The number of aliphatic carboxylic acids is 1. The highest BCUT2D eigenvalue weighted by Gasteiger charge is 2.11. The molecule has 4 heteroatoms. The second-order valence-electron chi connectivity index (χ2n) is 4.03. The number of carbonyl (C=O) groups excluding carboxylic acids is 1. The van der Waals surface area contributed by atoms with Gasteiger partial charge in [0, 0.05) is 18.8 Å². The highest BCUT2D eigenvalue weighted by atomic mass is 16.4. The summed E-state index contributed by atoms with van der Waals surface area (Å²) in [4.78, 5) is 10.1. The van der Waals surface area contributed by atoms with E-state index in [0.29, 0.717) is 6.42 Å². The Morgan fingerprint density at radius 1 is 1.50 bits per heavy atom. The zero-order valence-electron chi connectivity index (χ0n) is 7.91. The Kier molecular flexibility index (Phi) is 4.20. The standard InChI is InChI=1S/C8H17NO3/c1-9(2,3)5-4-7(10)6-8(11)12/h7,10H,4-6H2,1-3H3. The number of hydrogen-bond donors (Lipinski definition) is 1. The third-order valence-corrected chi connectivity index (χ3v) is 1.54. The van der Waals surface area contributed by atoms with Crippen LogP contribution in [-0.4, -0.2) is 49.4 Å². The van der Waals surface area contributed by atoms with E-state index in [-0.39, 0.29) is 6.42 Å². The number of hydrogen-bond acceptors (Lipinski definition) is 3. The van der Waals surface area contributed by atoms with Gasteiger partial charge in [-0.15, -0.1) is 0 Å². The van der Waals surface area contributed by atoms with Crippen molar-refractivity contribution in [2.45, 2.75) is 18.9 Å². The fourth-order valence-corrected chi connectivity index (χ4v) is 0.831. The molecule has 0 rings (SSSR count). The van der Waals surface area contributed by atoms with Crippen molar-refractivity contribution in [3.05, 3.63) is 0 Å². The number of quaternary nitrogens is 1. The fraction of sp³-hybridized carbons (Fsp3) is 0.875. The molecule has 1 atom stereocenters. The van der Waals surface area contributed by atoms with Crippen molar-refractivity contribution in [3.8, 4) is 0 Å². The molecule has 12 heavy (non-hydrogen) atoms. The van der Waals surface area contributed by atoms with Crippen LogP contribution in [0.25, 0.3) is 0 Å². The summed E-state index contributed by atoms with van der Waals surface area (Å²) in [6.07, 6.45) is -0.537. The van der Waals surface area contributed by atoms with Crippen LogP contribution in [0.3, 0.4) is 0 Å². The summed E-state index contributed by atoms with van der Waals surface area (Å²) >= 11 is 0. The number of aliphatic hydroxyl groups excluding tert-OH is 1. The molecule has 0 aromatic heterocycles. The molecule has 0 aliphatic heterocycles. The molecular weight excluding hydrogens is 158 g/mol. The topological polar surface area (TPSA) is 60.4 Å². The molecule has 0 aliphatic carbocycles. The second kappa shape index (κ2) is 4.42. The van der Waals surface area contributed by atoms with E-state index in [1.807, 2.05) is 21.1 Å². The molecule has 0 aromatic rings. The number of nitrogens with zero attached hydrogens (tertiary/aromatic N) is 1. The number of carboxylic acid groups (broad SMARTS) is 1. The zero-order chi connectivity index (χ0) is 9.78. The molecule has 1 N–H and O–H groups in total. The molecule has 0 amide bonds. The molecule has 1 unspecified atom stereocenters. The molecule has 0 saturated carbocycles. The van der Waals surface area contributed by atoms with Crippen LogP contribution in [0.5, 0.6) is 0 Å². The maximum absolute atomic E-state index is 10.1. The van der Waals surface area contributed by atoms with Gasteiger partial charge in [-0.25, -0.2) is 0 Å². The summed E-state index contributed by atoms with van der Waals surface area (Å²) in [5, 5.41) is 19.2. The molecule has 4 nitrogen and oxygen atoms in total. The smallest absolute Gasteiger partial charge is 0.0805 e. The first-order valence-electron chi connectivity index (χ1n) is 3.99. The van der Waals surface area contributed by atoms with Crippen molar-refractivity contribution >= 4 is 5.97 Å². The van der Waals surface area contributed by atoms with E-state index >= 15 is 0 Å². The lowest BCUT2D eigenvalue weighted by Gasteiger charge is -2.25. The van der Waals surface area contributed by atoms with Crippen molar-refractivity contribution in [2.24, 2.45) is 0 Å². The van der Waals surface area contributed by atoms with Crippen LogP contribution in [-0.2, 0) is 4.79 Å². The lowest BCUT2D eigenvalue weighted by Crippen LogP contribution is -2.38. The van der Waals surface area contributed by atoms with Crippen LogP contribution < -0.4 is 5.11 Å². The maximum Gasteiger partial charge on any atom is 0.0805 e. The van der Waals surface area contributed by atoms with Crippen LogP contribution in [0.4, 0.5) is 0 Å². The van der Waals surface area contributed by atoms with Gasteiger partial charge in [0.2, 0.25) is 0 Å². The van der Waals surface area contributed by atoms with Gasteiger partial charge in [0.05, 0.1) is 33.8 Å². The van der Waals surface area contributed by atoms with Gasteiger partial charge in [-0.05, 0) is 0 Å². The Hall–Kier alpha value is -0.610. The van der Waals surface area contributed by atoms with E-state index in [1.165, 1.54) is 0 Å². The molecule has 0 spiro atoms. The van der Waals surface area contributed by atoms with Gasteiger partial charge >= 0.3 is 0 Å². The van der Waals surface area contributed by atoms with Crippen molar-refractivity contribution < 1.29 is 19.5 Å². The maximum atomic E-state index is 10.1. The minimum absolute atomic E-state index is 0.264. The Morgan fingerprint density at radius 3 is 2.33 bits per heavy atom. The monoisotopic (exact) mass is 175 g/mol. The van der Waals surface area contributed by atoms with E-state index < -0.39 is 12.1 Å². The van der Waals surface area contributed by atoms with Crippen LogP contribution in [0.2, 0.25) is 0 Å². The summed E-state index contributed by atoms with van der Waals surface area (Å²) in [6, 6.07) is 0. The third kappa shape index (κ3) is 7.50. The molecule has 0 bridgehead atoms. The molecular formula is C8H17NO3. The second-order valence-corrected chi connectivity index (χ2v) is 4.03. The zero-order valence-corrected chi connectivity index (χ0v) is 7.91. The van der Waals surface area contributed by atoms with Gasteiger partial charge < -0.3 is 19.5 Å². The average molecular weight is 175 g/mol. The molecule has 0 aromatic carbocycles. The van der Waals surface area contributed by atoms with Crippen LogP contribution in [0.15, 0.2) is 0 Å².